The summed E-state index contributed by atoms with van der Waals surface area (Å²) in [6.07, 6.45) is 7.66. The van der Waals surface area contributed by atoms with E-state index in [2.05, 4.69) is 5.48 Å². The second-order valence-corrected chi connectivity index (χ2v) is 5.10. The summed E-state index contributed by atoms with van der Waals surface area (Å²) in [6.45, 7) is 1.27. The lowest BCUT2D eigenvalue weighted by Crippen LogP contribution is -2.22. The van der Waals surface area contributed by atoms with Gasteiger partial charge in [-0.1, -0.05) is 30.4 Å². The Labute approximate surface area is 131 Å². The highest BCUT2D eigenvalue weighted by molar-refractivity contribution is 5.56. The lowest BCUT2D eigenvalue weighted by atomic mass is 10.2. The van der Waals surface area contributed by atoms with Gasteiger partial charge in [0, 0.05) is 13.0 Å². The summed E-state index contributed by atoms with van der Waals surface area (Å²) in [5.74, 6) is 0. The molecule has 0 radical (unpaired) electrons. The van der Waals surface area contributed by atoms with E-state index in [9.17, 15) is 4.79 Å². The van der Waals surface area contributed by atoms with E-state index in [1.54, 1.807) is 0 Å². The normalized spacial score (nSPS) is 19.9. The van der Waals surface area contributed by atoms with Crippen LogP contribution in [0.5, 0.6) is 0 Å². The van der Waals surface area contributed by atoms with E-state index in [1.807, 2.05) is 42.5 Å². The first-order chi connectivity index (χ1) is 10.9. The molecule has 1 aliphatic heterocycles. The number of para-hydroxylation sites is 1. The lowest BCUT2D eigenvalue weighted by molar-refractivity contribution is -0.155. The number of rotatable bonds is 9. The fourth-order valence-electron chi connectivity index (χ4n) is 2.09. The van der Waals surface area contributed by atoms with E-state index in [1.165, 1.54) is 0 Å². The van der Waals surface area contributed by atoms with Crippen molar-refractivity contribution in [3.05, 3.63) is 42.5 Å². The van der Waals surface area contributed by atoms with Crippen molar-refractivity contribution in [3.63, 3.8) is 0 Å². The first kappa shape index (κ1) is 16.7. The van der Waals surface area contributed by atoms with Crippen molar-refractivity contribution < 1.29 is 19.1 Å². The van der Waals surface area contributed by atoms with Gasteiger partial charge in [0.05, 0.1) is 12.3 Å². The van der Waals surface area contributed by atoms with E-state index >= 15 is 0 Å². The van der Waals surface area contributed by atoms with Gasteiger partial charge < -0.3 is 14.3 Å². The Hall–Kier alpha value is -1.69. The zero-order chi connectivity index (χ0) is 15.5. The smallest absolute Gasteiger partial charge is 0.157 e. The molecule has 1 heterocycles. The van der Waals surface area contributed by atoms with Crippen LogP contribution >= 0.6 is 0 Å². The van der Waals surface area contributed by atoms with Gasteiger partial charge in [0.15, 0.2) is 12.6 Å². The molecule has 2 rings (SSSR count). The van der Waals surface area contributed by atoms with Crippen LogP contribution in [0.15, 0.2) is 42.5 Å². The topological polar surface area (TPSA) is 56.8 Å². The predicted octanol–water partition coefficient (Wildman–Crippen LogP) is 3.09. The average Bonchev–Trinajstić information content (AvgIpc) is 2.59. The number of ether oxygens (including phenoxy) is 2. The molecule has 1 saturated heterocycles. The van der Waals surface area contributed by atoms with Crippen molar-refractivity contribution in [2.24, 2.45) is 0 Å². The van der Waals surface area contributed by atoms with Gasteiger partial charge in [-0.15, -0.1) is 0 Å². The molecule has 22 heavy (non-hydrogen) atoms. The number of benzene rings is 1. The number of hydrogen-bond acceptors (Lipinski definition) is 5. The third-order valence-corrected chi connectivity index (χ3v) is 3.31. The van der Waals surface area contributed by atoms with Gasteiger partial charge in [-0.25, -0.2) is 0 Å². The zero-order valence-corrected chi connectivity index (χ0v) is 12.6. The summed E-state index contributed by atoms with van der Waals surface area (Å²) in [6, 6.07) is 9.45. The van der Waals surface area contributed by atoms with Gasteiger partial charge in [0.2, 0.25) is 0 Å². The van der Waals surface area contributed by atoms with Crippen molar-refractivity contribution in [1.29, 1.82) is 0 Å². The molecule has 5 heteroatoms. The second kappa shape index (κ2) is 10.1. The Balaban J connectivity index is 1.60. The molecular formula is C17H23NO4. The van der Waals surface area contributed by atoms with E-state index in [0.717, 1.165) is 37.8 Å². The molecule has 120 valence electrons. The minimum Gasteiger partial charge on any atom is -0.353 e. The molecule has 0 bridgehead atoms. The summed E-state index contributed by atoms with van der Waals surface area (Å²) in [5.41, 5.74) is 3.59. The van der Waals surface area contributed by atoms with E-state index in [4.69, 9.17) is 14.3 Å². The molecule has 0 amide bonds. The average molecular weight is 305 g/mol. The molecule has 1 aromatic carbocycles. The number of anilines is 1. The molecule has 1 N–H and O–H groups in total. The van der Waals surface area contributed by atoms with Crippen molar-refractivity contribution in [2.45, 2.75) is 38.1 Å². The van der Waals surface area contributed by atoms with Gasteiger partial charge in [0.1, 0.15) is 6.10 Å². The largest absolute Gasteiger partial charge is 0.353 e. The molecular weight excluding hydrogens is 282 g/mol. The Kier molecular flexibility index (Phi) is 7.66. The number of nitrogens with one attached hydrogen (secondary N) is 1. The standard InChI is InChI=1S/C17H23NO4/c19-14-16(22-18-15-8-2-1-3-9-15)10-4-6-12-20-17-11-5-7-13-21-17/h1-4,6,8-9,14,16-18H,5,7,10-13H2/b6-4+/t16-,17?/m0/s1. The van der Waals surface area contributed by atoms with Gasteiger partial charge in [-0.05, 0) is 31.4 Å². The second-order valence-electron chi connectivity index (χ2n) is 5.10. The maximum Gasteiger partial charge on any atom is 0.157 e. The molecule has 1 aliphatic rings. The van der Waals surface area contributed by atoms with Crippen LogP contribution in [-0.4, -0.2) is 31.9 Å². The van der Waals surface area contributed by atoms with Crippen molar-refractivity contribution in [2.75, 3.05) is 18.7 Å². The van der Waals surface area contributed by atoms with Crippen LogP contribution in [0.25, 0.3) is 0 Å². The molecule has 0 saturated carbocycles. The van der Waals surface area contributed by atoms with Crippen LogP contribution in [-0.2, 0) is 19.1 Å². The monoisotopic (exact) mass is 305 g/mol. The number of carbonyl (C=O) groups is 1. The van der Waals surface area contributed by atoms with Crippen LogP contribution in [0.1, 0.15) is 25.7 Å². The molecule has 5 nitrogen and oxygen atoms in total. The summed E-state index contributed by atoms with van der Waals surface area (Å²) in [4.78, 5) is 16.3. The van der Waals surface area contributed by atoms with Crippen LogP contribution in [0.4, 0.5) is 5.69 Å². The molecule has 0 aromatic heterocycles. The van der Waals surface area contributed by atoms with Gasteiger partial charge in [-0.2, -0.15) is 0 Å². The third-order valence-electron chi connectivity index (χ3n) is 3.31. The minimum absolute atomic E-state index is 0.0868. The maximum absolute atomic E-state index is 11.0. The number of aldehydes is 1. The van der Waals surface area contributed by atoms with Crippen molar-refractivity contribution in [1.82, 2.24) is 0 Å². The van der Waals surface area contributed by atoms with E-state index in [-0.39, 0.29) is 6.29 Å². The van der Waals surface area contributed by atoms with E-state index in [0.29, 0.717) is 13.0 Å². The highest BCUT2D eigenvalue weighted by atomic mass is 16.7. The van der Waals surface area contributed by atoms with Gasteiger partial charge >= 0.3 is 0 Å². The first-order valence-corrected chi connectivity index (χ1v) is 7.68. The van der Waals surface area contributed by atoms with Gasteiger partial charge in [-0.3, -0.25) is 10.3 Å². The third kappa shape index (κ3) is 6.39. The Morgan fingerprint density at radius 2 is 2.14 bits per heavy atom. The van der Waals surface area contributed by atoms with Crippen LogP contribution in [0.3, 0.4) is 0 Å². The Bertz CT molecular complexity index is 443. The summed E-state index contributed by atoms with van der Waals surface area (Å²) in [7, 11) is 0. The minimum atomic E-state index is -0.526. The molecule has 1 unspecified atom stereocenters. The SMILES string of the molecule is O=C[C@H](C/C=C/COC1CCCCO1)ONc1ccccc1. The predicted molar refractivity (Wildman–Crippen MR) is 84.3 cm³/mol. The highest BCUT2D eigenvalue weighted by Crippen LogP contribution is 2.13. The molecule has 2 atom stereocenters. The van der Waals surface area contributed by atoms with Crippen LogP contribution < -0.4 is 5.48 Å². The van der Waals surface area contributed by atoms with Crippen LogP contribution in [0, 0.1) is 0 Å². The molecule has 1 fully saturated rings. The summed E-state index contributed by atoms with van der Waals surface area (Å²) in [5, 5.41) is 0. The summed E-state index contributed by atoms with van der Waals surface area (Å²) >= 11 is 0. The van der Waals surface area contributed by atoms with Crippen molar-refractivity contribution in [3.8, 4) is 0 Å². The Morgan fingerprint density at radius 1 is 1.27 bits per heavy atom. The quantitative estimate of drug-likeness (QED) is 0.431. The maximum atomic E-state index is 11.0. The number of hydrogen-bond donors (Lipinski definition) is 1. The fraction of sp³-hybridized carbons (Fsp3) is 0.471. The van der Waals surface area contributed by atoms with Crippen LogP contribution in [0.2, 0.25) is 0 Å². The number of carbonyl (C=O) groups excluding carboxylic acids is 1. The molecule has 1 aromatic rings. The first-order valence-electron chi connectivity index (χ1n) is 7.68. The molecule has 0 spiro atoms. The molecule has 0 aliphatic carbocycles. The van der Waals surface area contributed by atoms with Gasteiger partial charge in [0.25, 0.3) is 0 Å². The Morgan fingerprint density at radius 3 is 2.86 bits per heavy atom. The highest BCUT2D eigenvalue weighted by Gasteiger charge is 2.12. The van der Waals surface area contributed by atoms with Crippen molar-refractivity contribution >= 4 is 12.0 Å². The zero-order valence-electron chi connectivity index (χ0n) is 12.6. The fourth-order valence-corrected chi connectivity index (χ4v) is 2.09. The lowest BCUT2D eigenvalue weighted by Gasteiger charge is -2.21. The van der Waals surface area contributed by atoms with E-state index < -0.39 is 6.10 Å². The summed E-state index contributed by atoms with van der Waals surface area (Å²) < 4.78 is 11.0.